The van der Waals surface area contributed by atoms with Crippen molar-refractivity contribution in [1.29, 1.82) is 0 Å². The Bertz CT molecular complexity index is 1150. The average molecular weight is 503 g/mol. The van der Waals surface area contributed by atoms with Crippen LogP contribution < -0.4 is 10.6 Å². The van der Waals surface area contributed by atoms with Crippen molar-refractivity contribution in [1.82, 2.24) is 19.9 Å². The van der Waals surface area contributed by atoms with Crippen molar-refractivity contribution in [3.05, 3.63) is 24.2 Å². The first-order valence-corrected chi connectivity index (χ1v) is 12.6. The monoisotopic (exact) mass is 502 g/mol. The van der Waals surface area contributed by atoms with Crippen LogP contribution in [0.15, 0.2) is 18.5 Å². The number of aromatic nitrogens is 4. The molecule has 10 nitrogen and oxygen atoms in total. The van der Waals surface area contributed by atoms with Crippen molar-refractivity contribution < 1.29 is 20.1 Å². The van der Waals surface area contributed by atoms with E-state index < -0.39 is 29.3 Å². The van der Waals surface area contributed by atoms with Gasteiger partial charge in [-0.2, -0.15) is 4.98 Å². The van der Waals surface area contributed by atoms with Crippen LogP contribution in [-0.4, -0.2) is 78.4 Å². The Balaban J connectivity index is 1.73. The number of aliphatic hydroxyl groups is 3. The van der Waals surface area contributed by atoms with Crippen molar-refractivity contribution in [3.8, 4) is 10.6 Å². The maximum atomic E-state index is 11.2. The van der Waals surface area contributed by atoms with Crippen LogP contribution in [0.4, 0.5) is 11.8 Å². The van der Waals surface area contributed by atoms with Crippen molar-refractivity contribution in [3.63, 3.8) is 0 Å². The molecule has 0 spiro atoms. The minimum Gasteiger partial charge on any atom is -0.390 e. The molecule has 0 aliphatic heterocycles. The van der Waals surface area contributed by atoms with Crippen LogP contribution in [0.5, 0.6) is 0 Å². The number of aliphatic hydroxyl groups excluding tert-OH is 1. The van der Waals surface area contributed by atoms with E-state index in [1.54, 1.807) is 33.2 Å². The molecule has 0 aromatic carbocycles. The van der Waals surface area contributed by atoms with Gasteiger partial charge in [-0.25, -0.2) is 9.97 Å². The first-order chi connectivity index (χ1) is 16.5. The summed E-state index contributed by atoms with van der Waals surface area (Å²) in [5.74, 6) is 0.407. The van der Waals surface area contributed by atoms with Gasteiger partial charge in [0.05, 0.1) is 46.5 Å². The summed E-state index contributed by atoms with van der Waals surface area (Å²) in [6.07, 6.45) is 2.70. The summed E-state index contributed by atoms with van der Waals surface area (Å²) in [6.45, 7) is 10.4. The van der Waals surface area contributed by atoms with Gasteiger partial charge in [0.1, 0.15) is 21.9 Å². The molecule has 11 heteroatoms. The molecular formula is C24H34N6O4S. The Morgan fingerprint density at radius 2 is 2.06 bits per heavy atom. The molecule has 3 aromatic rings. The molecular weight excluding hydrogens is 468 g/mol. The third-order valence-electron chi connectivity index (χ3n) is 6.62. The van der Waals surface area contributed by atoms with Crippen LogP contribution in [0, 0.1) is 12.8 Å². The van der Waals surface area contributed by atoms with Gasteiger partial charge in [-0.3, -0.25) is 4.98 Å². The molecule has 4 atom stereocenters. The second-order valence-corrected chi connectivity index (χ2v) is 10.7. The third kappa shape index (κ3) is 5.24. The Kier molecular flexibility index (Phi) is 7.26. The van der Waals surface area contributed by atoms with E-state index in [9.17, 15) is 15.3 Å². The number of ether oxygens (including phenoxy) is 1. The summed E-state index contributed by atoms with van der Waals surface area (Å²) in [5.41, 5.74) is -0.428. The van der Waals surface area contributed by atoms with E-state index in [4.69, 9.17) is 14.7 Å². The number of rotatable bonds is 9. The fourth-order valence-corrected chi connectivity index (χ4v) is 5.59. The summed E-state index contributed by atoms with van der Waals surface area (Å²) in [7, 11) is 0. The van der Waals surface area contributed by atoms with Gasteiger partial charge >= 0.3 is 0 Å². The highest BCUT2D eigenvalue weighted by Crippen LogP contribution is 2.43. The highest BCUT2D eigenvalue weighted by atomic mass is 32.1. The number of thiazole rings is 1. The zero-order valence-corrected chi connectivity index (χ0v) is 21.6. The third-order valence-corrected chi connectivity index (χ3v) is 7.67. The second-order valence-electron chi connectivity index (χ2n) is 9.71. The van der Waals surface area contributed by atoms with E-state index >= 15 is 0 Å². The van der Waals surface area contributed by atoms with Crippen LogP contribution in [0.2, 0.25) is 0 Å². The van der Waals surface area contributed by atoms with Crippen LogP contribution in [0.25, 0.3) is 20.8 Å². The summed E-state index contributed by atoms with van der Waals surface area (Å²) in [5, 5.41) is 39.9. The average Bonchev–Trinajstić information content (AvgIpc) is 3.30. The van der Waals surface area contributed by atoms with Gasteiger partial charge < -0.3 is 30.7 Å². The van der Waals surface area contributed by atoms with Gasteiger partial charge in [0.15, 0.2) is 0 Å². The number of hydrogen-bond donors (Lipinski definition) is 5. The Hall–Kier alpha value is -2.44. The zero-order chi connectivity index (χ0) is 25.4. The van der Waals surface area contributed by atoms with E-state index in [-0.39, 0.29) is 0 Å². The molecule has 1 saturated carbocycles. The number of anilines is 2. The Morgan fingerprint density at radius 1 is 1.29 bits per heavy atom. The van der Waals surface area contributed by atoms with Crippen LogP contribution >= 0.6 is 11.3 Å². The highest BCUT2D eigenvalue weighted by molar-refractivity contribution is 7.21. The predicted molar refractivity (Wildman–Crippen MR) is 137 cm³/mol. The highest BCUT2D eigenvalue weighted by Gasteiger charge is 2.55. The van der Waals surface area contributed by atoms with E-state index in [1.165, 1.54) is 11.3 Å². The lowest BCUT2D eigenvalue weighted by Gasteiger charge is -2.32. The molecule has 190 valence electrons. The van der Waals surface area contributed by atoms with Crippen molar-refractivity contribution in [2.24, 2.45) is 5.92 Å². The smallest absolute Gasteiger partial charge is 0.224 e. The number of fused-ring (bicyclic) bond motifs is 1. The summed E-state index contributed by atoms with van der Waals surface area (Å²) < 4.78 is 6.39. The maximum Gasteiger partial charge on any atom is 0.224 e. The van der Waals surface area contributed by atoms with Gasteiger partial charge in [-0.15, -0.1) is 11.3 Å². The number of aryl methyl sites for hydroxylation is 1. The standard InChI is InChI=1S/C24H34N6O4S/c1-6-34-10-9-26-22-27-13(2)18(21-28-15-12-25-8-7-16(15)35-21)20(30-22)29-17-11-14(23(3,4)32)19(31)24(17,5)33/h7-8,12,14,17,19,31-33H,6,9-11H2,1-5H3,(H2,26,27,29,30)/t14-,17?,19+,24-/m0/s1. The van der Waals surface area contributed by atoms with Crippen LogP contribution in [0.1, 0.15) is 39.8 Å². The van der Waals surface area contributed by atoms with Crippen molar-refractivity contribution in [2.45, 2.75) is 64.4 Å². The first-order valence-electron chi connectivity index (χ1n) is 11.8. The van der Waals surface area contributed by atoms with E-state index in [1.807, 2.05) is 19.9 Å². The first kappa shape index (κ1) is 25.6. The molecule has 0 amide bonds. The summed E-state index contributed by atoms with van der Waals surface area (Å²) in [6, 6.07) is 1.35. The quantitative estimate of drug-likeness (QED) is 0.277. The molecule has 0 radical (unpaired) electrons. The molecule has 3 aromatic heterocycles. The Morgan fingerprint density at radius 3 is 2.71 bits per heavy atom. The Labute approximate surface area is 208 Å². The fourth-order valence-electron chi connectivity index (χ4n) is 4.56. The van der Waals surface area contributed by atoms with Crippen LogP contribution in [-0.2, 0) is 4.74 Å². The molecule has 0 saturated heterocycles. The van der Waals surface area contributed by atoms with E-state index in [0.29, 0.717) is 43.6 Å². The number of nitrogens with one attached hydrogen (secondary N) is 2. The normalized spacial score (nSPS) is 24.7. The van der Waals surface area contributed by atoms with Crippen molar-refractivity contribution in [2.75, 3.05) is 30.4 Å². The lowest BCUT2D eigenvalue weighted by molar-refractivity contribution is -0.0984. The largest absolute Gasteiger partial charge is 0.390 e. The van der Waals surface area contributed by atoms with Gasteiger partial charge in [-0.05, 0) is 47.1 Å². The molecule has 1 aliphatic rings. The van der Waals surface area contributed by atoms with Gasteiger partial charge in [0.25, 0.3) is 0 Å². The number of hydrogen-bond acceptors (Lipinski definition) is 11. The molecule has 5 N–H and O–H groups in total. The van der Waals surface area contributed by atoms with Gasteiger partial charge in [0.2, 0.25) is 5.95 Å². The number of pyridine rings is 1. The van der Waals surface area contributed by atoms with Gasteiger partial charge in [0, 0.05) is 25.3 Å². The SMILES string of the molecule is CCOCCNc1nc(C)c(-c2nc3cnccc3s2)c(NC2C[C@H](C(C)(C)O)[C@@H](O)[C@@]2(C)O)n1. The van der Waals surface area contributed by atoms with Crippen LogP contribution in [0.3, 0.4) is 0 Å². The lowest BCUT2D eigenvalue weighted by atomic mass is 9.86. The zero-order valence-electron chi connectivity index (χ0n) is 20.7. The molecule has 0 bridgehead atoms. The topological polar surface area (TPSA) is 146 Å². The number of nitrogens with zero attached hydrogens (tertiary/aromatic N) is 4. The molecule has 3 heterocycles. The van der Waals surface area contributed by atoms with E-state index in [2.05, 4.69) is 20.6 Å². The molecule has 1 unspecified atom stereocenters. The predicted octanol–water partition coefficient (Wildman–Crippen LogP) is 2.59. The minimum absolute atomic E-state index is 0.358. The summed E-state index contributed by atoms with van der Waals surface area (Å²) in [4.78, 5) is 18.3. The molecule has 1 aliphatic carbocycles. The lowest BCUT2D eigenvalue weighted by Crippen LogP contribution is -2.49. The van der Waals surface area contributed by atoms with E-state index in [0.717, 1.165) is 20.8 Å². The molecule has 1 fully saturated rings. The minimum atomic E-state index is -1.49. The molecule has 4 rings (SSSR count). The van der Waals surface area contributed by atoms with Crippen molar-refractivity contribution >= 4 is 33.3 Å². The summed E-state index contributed by atoms with van der Waals surface area (Å²) >= 11 is 1.51. The fraction of sp³-hybridized carbons (Fsp3) is 0.583. The second kappa shape index (κ2) is 9.90. The maximum absolute atomic E-state index is 11.2. The molecule has 35 heavy (non-hydrogen) atoms. The van der Waals surface area contributed by atoms with Gasteiger partial charge in [-0.1, -0.05) is 0 Å².